The molecule has 0 aromatic rings. The lowest BCUT2D eigenvalue weighted by molar-refractivity contribution is -0.147. The molecule has 0 aliphatic rings. The molecule has 0 aliphatic heterocycles. The number of hydrogen-bond acceptors (Lipinski definition) is 8. The molecule has 286 valence electrons. The van der Waals surface area contributed by atoms with Crippen LogP contribution < -0.4 is 5.32 Å². The zero-order valence-corrected chi connectivity index (χ0v) is 31.3. The minimum absolute atomic E-state index is 0.129. The van der Waals surface area contributed by atoms with Crippen molar-refractivity contribution in [2.24, 2.45) is 0 Å². The third-order valence-corrected chi connectivity index (χ3v) is 8.27. The van der Waals surface area contributed by atoms with E-state index in [2.05, 4.69) is 77.5 Å². The molecule has 0 heterocycles. The Morgan fingerprint density at radius 2 is 1.16 bits per heavy atom. The molecule has 11 nitrogen and oxygen atoms in total. The van der Waals surface area contributed by atoms with E-state index in [1.54, 1.807) is 0 Å². The number of aliphatic hydroxyl groups excluding tert-OH is 1. The first-order valence-electron chi connectivity index (χ1n) is 18.3. The molecular formula is C38H64NO10P. The Labute approximate surface area is 300 Å². The van der Waals surface area contributed by atoms with E-state index in [-0.39, 0.29) is 12.8 Å². The summed E-state index contributed by atoms with van der Waals surface area (Å²) in [6.07, 6.45) is 36.4. The molecule has 0 aromatic heterocycles. The molecule has 3 unspecified atom stereocenters. The van der Waals surface area contributed by atoms with Crippen LogP contribution in [0.15, 0.2) is 60.8 Å². The number of carboxylic acids is 1. The zero-order valence-electron chi connectivity index (χ0n) is 30.4. The number of phosphoric acid groups is 1. The summed E-state index contributed by atoms with van der Waals surface area (Å²) in [6.45, 7) is 2.22. The fourth-order valence-electron chi connectivity index (χ4n) is 4.46. The molecule has 0 spiro atoms. The van der Waals surface area contributed by atoms with E-state index in [1.807, 2.05) is 6.92 Å². The lowest BCUT2D eigenvalue weighted by Crippen LogP contribution is -2.43. The van der Waals surface area contributed by atoms with E-state index < -0.39 is 57.6 Å². The highest BCUT2D eigenvalue weighted by atomic mass is 31.2. The van der Waals surface area contributed by atoms with Crippen LogP contribution in [0.2, 0.25) is 0 Å². The average Bonchev–Trinajstić information content (AvgIpc) is 3.08. The molecule has 50 heavy (non-hydrogen) atoms. The maximum Gasteiger partial charge on any atom is 0.472 e. The van der Waals surface area contributed by atoms with Crippen LogP contribution in [0.3, 0.4) is 0 Å². The summed E-state index contributed by atoms with van der Waals surface area (Å²) >= 11 is 0. The van der Waals surface area contributed by atoms with Gasteiger partial charge in [0.05, 0.1) is 13.2 Å². The van der Waals surface area contributed by atoms with Crippen LogP contribution in [-0.2, 0) is 32.7 Å². The quantitative estimate of drug-likeness (QED) is 0.0223. The second-order valence-electron chi connectivity index (χ2n) is 12.0. The van der Waals surface area contributed by atoms with Crippen molar-refractivity contribution in [3.63, 3.8) is 0 Å². The normalized spacial score (nSPS) is 14.6. The second-order valence-corrected chi connectivity index (χ2v) is 13.5. The number of ether oxygens (including phenoxy) is 1. The molecule has 0 rings (SSSR count). The summed E-state index contributed by atoms with van der Waals surface area (Å²) < 4.78 is 26.4. The van der Waals surface area contributed by atoms with Gasteiger partial charge in [-0.05, 0) is 57.8 Å². The average molecular weight is 726 g/mol. The number of hydrogen-bond donors (Lipinski definition) is 4. The predicted octanol–water partition coefficient (Wildman–Crippen LogP) is 8.44. The number of carboxylic acid groups (broad SMARTS) is 1. The Hall–Kier alpha value is -2.82. The highest BCUT2D eigenvalue weighted by Gasteiger charge is 2.28. The smallest absolute Gasteiger partial charge is 0.472 e. The van der Waals surface area contributed by atoms with E-state index in [9.17, 15) is 34.1 Å². The summed E-state index contributed by atoms with van der Waals surface area (Å²) in [5.74, 6) is -2.43. The maximum absolute atomic E-state index is 12.2. The molecule has 0 aliphatic carbocycles. The van der Waals surface area contributed by atoms with Gasteiger partial charge in [-0.3, -0.25) is 18.6 Å². The first-order chi connectivity index (χ1) is 24.1. The van der Waals surface area contributed by atoms with Gasteiger partial charge in [-0.15, -0.1) is 0 Å². The van der Waals surface area contributed by atoms with Gasteiger partial charge in [0.15, 0.2) is 6.04 Å². The first kappa shape index (κ1) is 47.2. The van der Waals surface area contributed by atoms with Crippen molar-refractivity contribution in [1.82, 2.24) is 5.32 Å². The van der Waals surface area contributed by atoms with Gasteiger partial charge >= 0.3 is 19.8 Å². The van der Waals surface area contributed by atoms with Crippen molar-refractivity contribution < 1.29 is 47.8 Å². The lowest BCUT2D eigenvalue weighted by atomic mass is 10.1. The van der Waals surface area contributed by atoms with E-state index in [4.69, 9.17) is 9.26 Å². The second kappa shape index (κ2) is 33.3. The van der Waals surface area contributed by atoms with Gasteiger partial charge in [-0.25, -0.2) is 9.36 Å². The van der Waals surface area contributed by atoms with Crippen molar-refractivity contribution in [3.8, 4) is 0 Å². The van der Waals surface area contributed by atoms with Crippen LogP contribution in [-0.4, -0.2) is 64.9 Å². The fourth-order valence-corrected chi connectivity index (χ4v) is 5.23. The van der Waals surface area contributed by atoms with Crippen molar-refractivity contribution in [2.75, 3.05) is 19.8 Å². The Kier molecular flexibility index (Phi) is 31.5. The lowest BCUT2D eigenvalue weighted by Gasteiger charge is -2.18. The van der Waals surface area contributed by atoms with Crippen LogP contribution in [0.5, 0.6) is 0 Å². The standard InChI is InChI=1S/C38H64NO10P/c1-3-5-7-8-9-10-11-12-13-14-15-16-17-18-19-20-21-22-23-24-25-26-28-29-36(41)39-35(38(43)44)33-49-50(45,46)48-32-34(40)31-47-37(42)30-27-6-4-2/h5,7,9-10,12-13,15-16,18-19,34-35,40H,3-4,6,8,11,14,17,20-33H2,1-2H3,(H,39,41)(H,43,44)(H,45,46)/b7-5-,10-9-,13-12-,16-15-,19-18-. The van der Waals surface area contributed by atoms with Crippen LogP contribution in [0, 0.1) is 0 Å². The summed E-state index contributed by atoms with van der Waals surface area (Å²) in [4.78, 5) is 45.2. The van der Waals surface area contributed by atoms with Crippen LogP contribution in [0.1, 0.15) is 129 Å². The minimum Gasteiger partial charge on any atom is -0.480 e. The van der Waals surface area contributed by atoms with Crippen LogP contribution in [0.25, 0.3) is 0 Å². The SMILES string of the molecule is CC/C=C\C/C=C\C/C=C\C/C=C\C/C=C\CCCCCCCCCC(=O)NC(COP(=O)(O)OCC(O)COC(=O)CCCCC)C(=O)O. The molecule has 0 bridgehead atoms. The zero-order chi connectivity index (χ0) is 37.1. The number of allylic oxidation sites excluding steroid dienone is 10. The van der Waals surface area contributed by atoms with Crippen LogP contribution >= 0.6 is 7.82 Å². The van der Waals surface area contributed by atoms with E-state index in [0.717, 1.165) is 89.9 Å². The van der Waals surface area contributed by atoms with Gasteiger partial charge in [-0.1, -0.05) is 120 Å². The number of rotatable bonds is 33. The number of unbranched alkanes of at least 4 members (excludes halogenated alkanes) is 9. The highest BCUT2D eigenvalue weighted by molar-refractivity contribution is 7.47. The van der Waals surface area contributed by atoms with Gasteiger partial charge in [-0.2, -0.15) is 0 Å². The van der Waals surface area contributed by atoms with Gasteiger partial charge in [0, 0.05) is 12.8 Å². The molecule has 0 aromatic carbocycles. The number of carbonyl (C=O) groups is 3. The number of carbonyl (C=O) groups excluding carboxylic acids is 2. The molecule has 4 N–H and O–H groups in total. The summed E-state index contributed by atoms with van der Waals surface area (Å²) in [7, 11) is -4.74. The van der Waals surface area contributed by atoms with Gasteiger partial charge in [0.25, 0.3) is 0 Å². The minimum atomic E-state index is -4.74. The molecule has 0 saturated heterocycles. The van der Waals surface area contributed by atoms with Gasteiger partial charge < -0.3 is 25.2 Å². The Balaban J connectivity index is 3.92. The molecule has 1 amide bonds. The predicted molar refractivity (Wildman–Crippen MR) is 198 cm³/mol. The Morgan fingerprint density at radius 3 is 1.72 bits per heavy atom. The number of aliphatic hydroxyl groups is 1. The molecule has 0 radical (unpaired) electrons. The van der Waals surface area contributed by atoms with Crippen molar-refractivity contribution in [1.29, 1.82) is 0 Å². The molecule has 0 fully saturated rings. The summed E-state index contributed by atoms with van der Waals surface area (Å²) in [5, 5.41) is 21.5. The van der Waals surface area contributed by atoms with Crippen molar-refractivity contribution in [2.45, 2.75) is 142 Å². The number of amides is 1. The fraction of sp³-hybridized carbons (Fsp3) is 0.658. The third kappa shape index (κ3) is 32.4. The maximum atomic E-state index is 12.2. The Bertz CT molecular complexity index is 1090. The van der Waals surface area contributed by atoms with Crippen molar-refractivity contribution >= 4 is 25.7 Å². The largest absolute Gasteiger partial charge is 0.480 e. The van der Waals surface area contributed by atoms with E-state index in [1.165, 1.54) is 0 Å². The molecule has 12 heteroatoms. The van der Waals surface area contributed by atoms with Gasteiger partial charge in [0.1, 0.15) is 12.7 Å². The highest BCUT2D eigenvalue weighted by Crippen LogP contribution is 2.43. The topological polar surface area (TPSA) is 169 Å². The number of aliphatic carboxylic acids is 1. The third-order valence-electron chi connectivity index (χ3n) is 7.32. The summed E-state index contributed by atoms with van der Waals surface area (Å²) in [6, 6.07) is -1.55. The number of phosphoric ester groups is 1. The van der Waals surface area contributed by atoms with E-state index >= 15 is 0 Å². The van der Waals surface area contributed by atoms with Crippen molar-refractivity contribution in [3.05, 3.63) is 60.8 Å². The van der Waals surface area contributed by atoms with E-state index in [0.29, 0.717) is 12.8 Å². The first-order valence-corrected chi connectivity index (χ1v) is 19.8. The van der Waals surface area contributed by atoms with Crippen LogP contribution in [0.4, 0.5) is 0 Å². The molecule has 3 atom stereocenters. The summed E-state index contributed by atoms with van der Waals surface area (Å²) in [5.41, 5.74) is 0. The van der Waals surface area contributed by atoms with Gasteiger partial charge in [0.2, 0.25) is 5.91 Å². The number of esters is 1. The molecular weight excluding hydrogens is 661 g/mol. The Morgan fingerprint density at radius 1 is 0.660 bits per heavy atom. The molecule has 0 saturated carbocycles. The number of nitrogens with one attached hydrogen (secondary N) is 1. The monoisotopic (exact) mass is 725 g/mol.